The van der Waals surface area contributed by atoms with Gasteiger partial charge in [0.2, 0.25) is 11.8 Å². The molecule has 3 atom stereocenters. The summed E-state index contributed by atoms with van der Waals surface area (Å²) in [5.74, 6) is -2.82. The molecule has 3 aromatic rings. The van der Waals surface area contributed by atoms with Crippen LogP contribution in [-0.4, -0.2) is 57.7 Å². The molecule has 0 radical (unpaired) electrons. The SMILES string of the molecule is C[C@H](NC(=O)[C@H]1C[C@H](c2ccccc2)CN1)C(=O)NCc1cc2c(Br)cncc2[nH]1.O=C(O)C(F)(F)F. The van der Waals surface area contributed by atoms with Crippen molar-refractivity contribution in [2.45, 2.75) is 44.1 Å². The number of carbonyl (C=O) groups is 3. The van der Waals surface area contributed by atoms with Crippen molar-refractivity contribution in [3.05, 3.63) is 64.5 Å². The van der Waals surface area contributed by atoms with Crippen LogP contribution in [0.3, 0.4) is 0 Å². The highest BCUT2D eigenvalue weighted by atomic mass is 79.9. The normalized spacial score (nSPS) is 18.0. The lowest BCUT2D eigenvalue weighted by Gasteiger charge is -2.17. The number of aliphatic carboxylic acids is 1. The Bertz CT molecular complexity index is 1250. The molecule has 0 saturated carbocycles. The zero-order valence-corrected chi connectivity index (χ0v) is 21.2. The van der Waals surface area contributed by atoms with Crippen LogP contribution in [0.2, 0.25) is 0 Å². The number of aromatic nitrogens is 2. The third kappa shape index (κ3) is 7.76. The number of fused-ring (bicyclic) bond motifs is 1. The maximum atomic E-state index is 12.6. The van der Waals surface area contributed by atoms with E-state index in [2.05, 4.69) is 54.0 Å². The number of rotatable bonds is 6. The van der Waals surface area contributed by atoms with Gasteiger partial charge in [-0.3, -0.25) is 14.6 Å². The van der Waals surface area contributed by atoms with Gasteiger partial charge >= 0.3 is 12.1 Å². The topological polar surface area (TPSA) is 136 Å². The molecule has 1 aromatic carbocycles. The van der Waals surface area contributed by atoms with Gasteiger partial charge in [0.25, 0.3) is 0 Å². The maximum Gasteiger partial charge on any atom is 0.490 e. The van der Waals surface area contributed by atoms with Crippen LogP contribution in [0.15, 0.2) is 53.3 Å². The Labute approximate surface area is 218 Å². The number of hydrogen-bond acceptors (Lipinski definition) is 5. The van der Waals surface area contributed by atoms with Crippen molar-refractivity contribution in [2.24, 2.45) is 0 Å². The molecule has 0 unspecified atom stereocenters. The summed E-state index contributed by atoms with van der Waals surface area (Å²) < 4.78 is 32.6. The van der Waals surface area contributed by atoms with Crippen LogP contribution in [0.5, 0.6) is 0 Å². The first-order valence-electron chi connectivity index (χ1n) is 11.2. The Morgan fingerprint density at radius 3 is 2.51 bits per heavy atom. The number of hydrogen-bond donors (Lipinski definition) is 5. The lowest BCUT2D eigenvalue weighted by Crippen LogP contribution is -2.49. The van der Waals surface area contributed by atoms with Crippen LogP contribution >= 0.6 is 15.9 Å². The number of halogens is 4. The van der Waals surface area contributed by atoms with Crippen LogP contribution in [-0.2, 0) is 20.9 Å². The van der Waals surface area contributed by atoms with Crippen molar-refractivity contribution in [2.75, 3.05) is 6.54 Å². The molecule has 0 bridgehead atoms. The van der Waals surface area contributed by atoms with Crippen LogP contribution < -0.4 is 16.0 Å². The van der Waals surface area contributed by atoms with Crippen molar-refractivity contribution in [1.82, 2.24) is 25.9 Å². The summed E-state index contributed by atoms with van der Waals surface area (Å²) in [7, 11) is 0. The number of aromatic amines is 1. The van der Waals surface area contributed by atoms with Gasteiger partial charge in [-0.25, -0.2) is 4.79 Å². The van der Waals surface area contributed by atoms with E-state index in [0.717, 1.165) is 34.0 Å². The van der Waals surface area contributed by atoms with E-state index in [9.17, 15) is 22.8 Å². The smallest absolute Gasteiger partial charge is 0.475 e. The van der Waals surface area contributed by atoms with Crippen LogP contribution in [0.1, 0.15) is 30.5 Å². The highest BCUT2D eigenvalue weighted by molar-refractivity contribution is 9.10. The Kier molecular flexibility index (Phi) is 9.27. The molecule has 198 valence electrons. The summed E-state index contributed by atoms with van der Waals surface area (Å²) in [6.07, 6.45) is -0.886. The second kappa shape index (κ2) is 12.2. The molecule has 1 aliphatic heterocycles. The first kappa shape index (κ1) is 28.1. The highest BCUT2D eigenvalue weighted by Gasteiger charge is 2.38. The first-order valence-corrected chi connectivity index (χ1v) is 12.0. The molecule has 0 aliphatic carbocycles. The van der Waals surface area contributed by atoms with Gasteiger partial charge in [0, 0.05) is 28.3 Å². The minimum Gasteiger partial charge on any atom is -0.475 e. The fourth-order valence-electron chi connectivity index (χ4n) is 3.80. The van der Waals surface area contributed by atoms with Gasteiger partial charge in [-0.05, 0) is 46.8 Å². The van der Waals surface area contributed by atoms with E-state index in [-0.39, 0.29) is 17.9 Å². The van der Waals surface area contributed by atoms with E-state index >= 15 is 0 Å². The van der Waals surface area contributed by atoms with Gasteiger partial charge in [-0.1, -0.05) is 30.3 Å². The molecular formula is C24H25BrF3N5O4. The van der Waals surface area contributed by atoms with Gasteiger partial charge in [0.1, 0.15) is 6.04 Å². The minimum absolute atomic E-state index is 0.142. The van der Waals surface area contributed by atoms with Crippen molar-refractivity contribution in [3.8, 4) is 0 Å². The zero-order chi connectivity index (χ0) is 27.2. The summed E-state index contributed by atoms with van der Waals surface area (Å²) in [6.45, 7) is 2.80. The first-order chi connectivity index (χ1) is 17.5. The van der Waals surface area contributed by atoms with Gasteiger partial charge in [0.05, 0.1) is 24.3 Å². The van der Waals surface area contributed by atoms with E-state index in [1.54, 1.807) is 19.3 Å². The number of alkyl halides is 3. The summed E-state index contributed by atoms with van der Waals surface area (Å²) in [4.78, 5) is 41.3. The van der Waals surface area contributed by atoms with Crippen LogP contribution in [0.4, 0.5) is 13.2 Å². The largest absolute Gasteiger partial charge is 0.490 e. The Balaban J connectivity index is 0.000000479. The number of carboxylic acids is 1. The molecular weight excluding hydrogens is 559 g/mol. The summed E-state index contributed by atoms with van der Waals surface area (Å²) in [6, 6.07) is 11.2. The summed E-state index contributed by atoms with van der Waals surface area (Å²) in [5, 5.41) is 17.1. The number of H-pyrrole nitrogens is 1. The number of carboxylic acid groups (broad SMARTS) is 1. The van der Waals surface area contributed by atoms with Crippen molar-refractivity contribution >= 4 is 44.6 Å². The number of amides is 2. The summed E-state index contributed by atoms with van der Waals surface area (Å²) >= 11 is 3.47. The molecule has 3 heterocycles. The molecule has 2 aromatic heterocycles. The van der Waals surface area contributed by atoms with Crippen LogP contribution in [0.25, 0.3) is 10.9 Å². The number of carbonyl (C=O) groups excluding carboxylic acids is 2. The fourth-order valence-corrected chi connectivity index (χ4v) is 4.25. The molecule has 4 rings (SSSR count). The van der Waals surface area contributed by atoms with E-state index in [1.807, 2.05) is 24.3 Å². The Hall–Kier alpha value is -3.45. The number of pyridine rings is 1. The predicted molar refractivity (Wildman–Crippen MR) is 133 cm³/mol. The molecule has 13 heteroatoms. The van der Waals surface area contributed by atoms with Crippen LogP contribution in [0, 0.1) is 0 Å². The van der Waals surface area contributed by atoms with E-state index in [0.29, 0.717) is 12.5 Å². The molecule has 9 nitrogen and oxygen atoms in total. The van der Waals surface area contributed by atoms with Gasteiger partial charge < -0.3 is 26.0 Å². The Morgan fingerprint density at radius 1 is 1.22 bits per heavy atom. The predicted octanol–water partition coefficient (Wildman–Crippen LogP) is 3.23. The van der Waals surface area contributed by atoms with E-state index in [4.69, 9.17) is 9.90 Å². The molecule has 1 saturated heterocycles. The quantitative estimate of drug-likeness (QED) is 0.302. The number of nitrogens with zero attached hydrogens (tertiary/aromatic N) is 1. The lowest BCUT2D eigenvalue weighted by molar-refractivity contribution is -0.192. The van der Waals surface area contributed by atoms with E-state index in [1.165, 1.54) is 5.56 Å². The zero-order valence-electron chi connectivity index (χ0n) is 19.6. The molecule has 1 aliphatic rings. The summed E-state index contributed by atoms with van der Waals surface area (Å²) in [5.41, 5.74) is 3.00. The van der Waals surface area contributed by atoms with Crippen molar-refractivity contribution in [3.63, 3.8) is 0 Å². The molecule has 1 fully saturated rings. The maximum absolute atomic E-state index is 12.6. The molecule has 5 N–H and O–H groups in total. The molecule has 37 heavy (non-hydrogen) atoms. The monoisotopic (exact) mass is 583 g/mol. The van der Waals surface area contributed by atoms with Gasteiger partial charge in [-0.2, -0.15) is 13.2 Å². The van der Waals surface area contributed by atoms with Crippen molar-refractivity contribution in [1.29, 1.82) is 0 Å². The van der Waals surface area contributed by atoms with Crippen molar-refractivity contribution < 1.29 is 32.7 Å². The fraction of sp³-hybridized carbons (Fsp3) is 0.333. The molecule has 0 spiro atoms. The second-order valence-corrected chi connectivity index (χ2v) is 9.29. The lowest BCUT2D eigenvalue weighted by atomic mass is 9.96. The number of nitrogens with one attached hydrogen (secondary N) is 4. The number of benzene rings is 1. The third-order valence-corrected chi connectivity index (χ3v) is 6.35. The second-order valence-electron chi connectivity index (χ2n) is 8.43. The average Bonchev–Trinajstić information content (AvgIpc) is 3.51. The Morgan fingerprint density at radius 2 is 1.89 bits per heavy atom. The highest BCUT2D eigenvalue weighted by Crippen LogP contribution is 2.26. The molecule has 2 amide bonds. The van der Waals surface area contributed by atoms with Gasteiger partial charge in [0.15, 0.2) is 0 Å². The minimum atomic E-state index is -5.08. The average molecular weight is 584 g/mol. The standard InChI is InChI=1S/C22H24BrN5O2.C2HF3O2/c1-13(21(29)26-10-16-8-17-18(23)11-24-12-20(17)28-16)27-22(30)19-7-15(9-25-19)14-5-3-2-4-6-14;3-2(4,5)1(6)7/h2-6,8,11-13,15,19,25,28H,7,9-10H2,1H3,(H,26,29)(H,27,30);(H,6,7)/t13-,15-,19+;/m0./s1. The van der Waals surface area contributed by atoms with Gasteiger partial charge in [-0.15, -0.1) is 0 Å². The van der Waals surface area contributed by atoms with E-state index < -0.39 is 18.2 Å². The third-order valence-electron chi connectivity index (χ3n) is 5.72.